The number of anilines is 1. The lowest BCUT2D eigenvalue weighted by molar-refractivity contribution is 0.641. The Kier molecular flexibility index (Phi) is 1.39. The van der Waals surface area contributed by atoms with Crippen LogP contribution >= 0.6 is 0 Å². The van der Waals surface area contributed by atoms with E-state index in [9.17, 15) is 0 Å². The van der Waals surface area contributed by atoms with Crippen molar-refractivity contribution in [2.45, 2.75) is 13.5 Å². The van der Waals surface area contributed by atoms with Crippen LogP contribution in [-0.4, -0.2) is 25.0 Å². The molecule has 0 amide bonds. The lowest BCUT2D eigenvalue weighted by atomic mass is 10.5. The molecule has 2 rings (SSSR count). The number of nitrogens with two attached hydrogens (primary N) is 1. The molecule has 2 N–H and O–H groups in total. The van der Waals surface area contributed by atoms with Crippen molar-refractivity contribution in [3.8, 4) is 0 Å². The summed E-state index contributed by atoms with van der Waals surface area (Å²) >= 11 is 0. The highest BCUT2D eigenvalue weighted by molar-refractivity contribution is 5.80. The van der Waals surface area contributed by atoms with Gasteiger partial charge >= 0.3 is 0 Å². The zero-order chi connectivity index (χ0) is 8.55. The molecule has 0 aliphatic carbocycles. The maximum Gasteiger partial charge on any atom is 0.183 e. The molecule has 6 nitrogen and oxygen atoms in total. The highest BCUT2D eigenvalue weighted by Gasteiger charge is 2.06. The lowest BCUT2D eigenvalue weighted by Crippen LogP contribution is -1.98. The molecule has 0 aliphatic heterocycles. The van der Waals surface area contributed by atoms with Crippen LogP contribution in [0.4, 0.5) is 5.82 Å². The maximum absolute atomic E-state index is 5.56. The van der Waals surface area contributed by atoms with Crippen molar-refractivity contribution in [1.29, 1.82) is 0 Å². The molecule has 0 atom stereocenters. The topological polar surface area (TPSA) is 82.5 Å². The third kappa shape index (κ3) is 0.810. The van der Waals surface area contributed by atoms with Crippen LogP contribution in [-0.2, 0) is 6.54 Å². The predicted octanol–water partition coefficient (Wildman–Crippen LogP) is -0.177. The van der Waals surface area contributed by atoms with Crippen molar-refractivity contribution < 1.29 is 0 Å². The highest BCUT2D eigenvalue weighted by Crippen LogP contribution is 2.11. The van der Waals surface area contributed by atoms with E-state index < -0.39 is 0 Å². The Morgan fingerprint density at radius 1 is 1.50 bits per heavy atom. The van der Waals surface area contributed by atoms with Gasteiger partial charge in [-0.1, -0.05) is 5.21 Å². The van der Waals surface area contributed by atoms with E-state index in [1.807, 2.05) is 6.92 Å². The van der Waals surface area contributed by atoms with Crippen LogP contribution in [0, 0.1) is 0 Å². The number of nitrogen functional groups attached to an aromatic ring is 1. The molecule has 0 unspecified atom stereocenters. The van der Waals surface area contributed by atoms with E-state index in [1.165, 1.54) is 6.33 Å². The van der Waals surface area contributed by atoms with Crippen LogP contribution in [0.2, 0.25) is 0 Å². The molecule has 6 heteroatoms. The van der Waals surface area contributed by atoms with Gasteiger partial charge in [0.2, 0.25) is 0 Å². The van der Waals surface area contributed by atoms with Gasteiger partial charge in [-0.25, -0.2) is 14.6 Å². The van der Waals surface area contributed by atoms with Crippen LogP contribution in [0.25, 0.3) is 11.2 Å². The van der Waals surface area contributed by atoms with Crippen LogP contribution in [0.1, 0.15) is 6.92 Å². The van der Waals surface area contributed by atoms with Crippen LogP contribution in [0.5, 0.6) is 0 Å². The van der Waals surface area contributed by atoms with Gasteiger partial charge in [0, 0.05) is 6.54 Å². The average Bonchev–Trinajstić information content (AvgIpc) is 2.49. The van der Waals surface area contributed by atoms with E-state index in [2.05, 4.69) is 20.3 Å². The molecule has 0 spiro atoms. The van der Waals surface area contributed by atoms with Gasteiger partial charge in [0.05, 0.1) is 0 Å². The summed E-state index contributed by atoms with van der Waals surface area (Å²) in [6.07, 6.45) is 1.41. The fraction of sp³-hybridized carbons (Fsp3) is 0.333. The van der Waals surface area contributed by atoms with E-state index in [0.717, 1.165) is 6.54 Å². The summed E-state index contributed by atoms with van der Waals surface area (Å²) in [6.45, 7) is 2.69. The normalized spacial score (nSPS) is 10.8. The largest absolute Gasteiger partial charge is 0.382 e. The highest BCUT2D eigenvalue weighted by atomic mass is 15.4. The van der Waals surface area contributed by atoms with E-state index in [-0.39, 0.29) is 0 Å². The summed E-state index contributed by atoms with van der Waals surface area (Å²) in [5.41, 5.74) is 6.81. The molecule has 0 aromatic carbocycles. The molecule has 0 radical (unpaired) electrons. The van der Waals surface area contributed by atoms with Crippen molar-refractivity contribution in [2.24, 2.45) is 0 Å². The minimum absolute atomic E-state index is 0.375. The third-order valence-electron chi connectivity index (χ3n) is 1.63. The Morgan fingerprint density at radius 2 is 2.33 bits per heavy atom. The minimum atomic E-state index is 0.375. The summed E-state index contributed by atoms with van der Waals surface area (Å²) < 4.78 is 1.67. The Morgan fingerprint density at radius 3 is 3.08 bits per heavy atom. The van der Waals surface area contributed by atoms with Gasteiger partial charge < -0.3 is 5.73 Å². The fourth-order valence-electron chi connectivity index (χ4n) is 1.02. The summed E-state index contributed by atoms with van der Waals surface area (Å²) in [5.74, 6) is 0.375. The van der Waals surface area contributed by atoms with Crippen molar-refractivity contribution in [2.75, 3.05) is 5.73 Å². The summed E-state index contributed by atoms with van der Waals surface area (Å²) in [6, 6.07) is 0. The number of rotatable bonds is 1. The Balaban J connectivity index is 2.80. The first-order valence-corrected chi connectivity index (χ1v) is 3.62. The van der Waals surface area contributed by atoms with Crippen molar-refractivity contribution >= 4 is 17.0 Å². The molecule has 12 heavy (non-hydrogen) atoms. The first-order valence-electron chi connectivity index (χ1n) is 3.62. The quantitative estimate of drug-likeness (QED) is 0.632. The lowest BCUT2D eigenvalue weighted by Gasteiger charge is -1.94. The smallest absolute Gasteiger partial charge is 0.183 e. The standard InChI is InChI=1S/C6H8N6/c1-2-12-6-4(10-11-12)5(7)8-3-9-6/h3H,2H2,1H3,(H2,7,8,9). The molecule has 0 fully saturated rings. The van der Waals surface area contributed by atoms with Gasteiger partial charge in [-0.15, -0.1) is 5.10 Å². The summed E-state index contributed by atoms with van der Waals surface area (Å²) in [7, 11) is 0. The van der Waals surface area contributed by atoms with Gasteiger partial charge in [0.25, 0.3) is 0 Å². The van der Waals surface area contributed by atoms with Crippen LogP contribution < -0.4 is 5.73 Å². The summed E-state index contributed by atoms with van der Waals surface area (Å²) in [4.78, 5) is 7.83. The number of nitrogens with zero attached hydrogens (tertiary/aromatic N) is 5. The predicted molar refractivity (Wildman–Crippen MR) is 43.2 cm³/mol. The molecule has 2 heterocycles. The van der Waals surface area contributed by atoms with Gasteiger partial charge in [0.1, 0.15) is 6.33 Å². The van der Waals surface area contributed by atoms with Crippen LogP contribution in [0.3, 0.4) is 0 Å². The first-order chi connectivity index (χ1) is 5.83. The number of hydrogen-bond donors (Lipinski definition) is 1. The first kappa shape index (κ1) is 6.96. The molecule has 62 valence electrons. The van der Waals surface area contributed by atoms with Gasteiger partial charge in [-0.05, 0) is 6.92 Å². The SMILES string of the molecule is CCn1nnc2c(N)ncnc21. The average molecular weight is 164 g/mol. The van der Waals surface area contributed by atoms with E-state index >= 15 is 0 Å². The molecule has 0 aliphatic rings. The zero-order valence-corrected chi connectivity index (χ0v) is 6.60. The molecule has 0 saturated heterocycles. The monoisotopic (exact) mass is 164 g/mol. The van der Waals surface area contributed by atoms with Crippen molar-refractivity contribution in [1.82, 2.24) is 25.0 Å². The van der Waals surface area contributed by atoms with E-state index in [0.29, 0.717) is 17.0 Å². The molecule has 2 aromatic rings. The van der Waals surface area contributed by atoms with E-state index in [1.54, 1.807) is 4.68 Å². The minimum Gasteiger partial charge on any atom is -0.382 e. The molecule has 0 saturated carbocycles. The zero-order valence-electron chi connectivity index (χ0n) is 6.60. The summed E-state index contributed by atoms with van der Waals surface area (Å²) in [5, 5.41) is 7.71. The molecule has 2 aromatic heterocycles. The molecular weight excluding hydrogens is 156 g/mol. The third-order valence-corrected chi connectivity index (χ3v) is 1.63. The van der Waals surface area contributed by atoms with E-state index in [4.69, 9.17) is 5.73 Å². The Bertz CT molecular complexity index is 405. The Hall–Kier alpha value is -1.72. The van der Waals surface area contributed by atoms with Gasteiger partial charge in [-0.3, -0.25) is 0 Å². The van der Waals surface area contributed by atoms with Gasteiger partial charge in [0.15, 0.2) is 17.0 Å². The van der Waals surface area contributed by atoms with Crippen molar-refractivity contribution in [3.63, 3.8) is 0 Å². The second-order valence-electron chi connectivity index (χ2n) is 2.34. The van der Waals surface area contributed by atoms with Crippen LogP contribution in [0.15, 0.2) is 6.33 Å². The second kappa shape index (κ2) is 2.40. The second-order valence-corrected chi connectivity index (χ2v) is 2.34. The maximum atomic E-state index is 5.56. The molecular formula is C6H8N6. The van der Waals surface area contributed by atoms with Crippen molar-refractivity contribution in [3.05, 3.63) is 6.33 Å². The number of aromatic nitrogens is 5. The number of aryl methyl sites for hydroxylation is 1. The van der Waals surface area contributed by atoms with Gasteiger partial charge in [-0.2, -0.15) is 0 Å². The number of fused-ring (bicyclic) bond motifs is 1. The fourth-order valence-corrected chi connectivity index (χ4v) is 1.02. The Labute approximate surface area is 68.4 Å². The number of hydrogen-bond acceptors (Lipinski definition) is 5. The molecule has 0 bridgehead atoms.